The summed E-state index contributed by atoms with van der Waals surface area (Å²) in [7, 11) is 0. The number of hydrogen-bond acceptors (Lipinski definition) is 9. The molecule has 0 rings (SSSR count). The molecule has 0 saturated heterocycles. The van der Waals surface area contributed by atoms with E-state index in [1.165, 1.54) is 6.92 Å². The molecule has 250 valence electrons. The van der Waals surface area contributed by atoms with E-state index in [9.17, 15) is 38.4 Å². The number of rotatable bonds is 21. The number of hydrogen-bond donors (Lipinski definition) is 9. The van der Waals surface area contributed by atoms with E-state index in [0.29, 0.717) is 0 Å². The molecule has 44 heavy (non-hydrogen) atoms. The molecule has 0 saturated carbocycles. The fraction of sp³-hybridized carbons (Fsp3) is 0.704. The van der Waals surface area contributed by atoms with Gasteiger partial charge in [-0.1, -0.05) is 27.7 Å². The molecular weight excluding hydrogens is 580 g/mol. The molecule has 0 radical (unpaired) electrons. The second-order valence-electron chi connectivity index (χ2n) is 11.4. The van der Waals surface area contributed by atoms with Crippen molar-refractivity contribution in [1.29, 1.82) is 0 Å². The summed E-state index contributed by atoms with van der Waals surface area (Å²) in [5, 5.41) is 21.1. The van der Waals surface area contributed by atoms with Gasteiger partial charge in [0.2, 0.25) is 41.4 Å². The largest absolute Gasteiger partial charge is 0.480 e. The van der Waals surface area contributed by atoms with Crippen molar-refractivity contribution in [3.8, 4) is 0 Å². The van der Waals surface area contributed by atoms with Crippen molar-refractivity contribution in [1.82, 2.24) is 26.6 Å². The highest BCUT2D eigenvalue weighted by Crippen LogP contribution is 2.09. The minimum Gasteiger partial charge on any atom is -0.480 e. The molecule has 7 amide bonds. The van der Waals surface area contributed by atoms with Gasteiger partial charge in [0.15, 0.2) is 0 Å². The van der Waals surface area contributed by atoms with Crippen LogP contribution in [0.1, 0.15) is 73.1 Å². The number of nitrogens with one attached hydrogen (secondary N) is 5. The van der Waals surface area contributed by atoms with E-state index in [2.05, 4.69) is 26.6 Å². The van der Waals surface area contributed by atoms with E-state index in [1.807, 2.05) is 0 Å². The van der Waals surface area contributed by atoms with Gasteiger partial charge >= 0.3 is 5.97 Å². The van der Waals surface area contributed by atoms with Gasteiger partial charge in [0, 0.05) is 12.8 Å². The molecule has 17 heteroatoms. The average Bonchev–Trinajstić information content (AvgIpc) is 2.90. The van der Waals surface area contributed by atoms with E-state index in [1.54, 1.807) is 27.7 Å². The van der Waals surface area contributed by atoms with Gasteiger partial charge in [-0.2, -0.15) is 0 Å². The van der Waals surface area contributed by atoms with Crippen molar-refractivity contribution in [2.75, 3.05) is 6.54 Å². The highest BCUT2D eigenvalue weighted by atomic mass is 16.4. The Bertz CT molecular complexity index is 1050. The fourth-order valence-corrected chi connectivity index (χ4v) is 3.85. The van der Waals surface area contributed by atoms with Gasteiger partial charge in [-0.15, -0.1) is 0 Å². The molecule has 0 spiro atoms. The first kappa shape index (κ1) is 39.7. The van der Waals surface area contributed by atoms with Crippen molar-refractivity contribution < 1.29 is 43.5 Å². The number of nitrogens with two attached hydrogens (primary N) is 3. The van der Waals surface area contributed by atoms with Gasteiger partial charge in [0.1, 0.15) is 24.2 Å². The van der Waals surface area contributed by atoms with Crippen LogP contribution in [0.2, 0.25) is 0 Å². The smallest absolute Gasteiger partial charge is 0.325 e. The minimum absolute atomic E-state index is 0.0405. The summed E-state index contributed by atoms with van der Waals surface area (Å²) in [4.78, 5) is 97.4. The summed E-state index contributed by atoms with van der Waals surface area (Å²) in [6.07, 6.45) is -0.344. The molecule has 17 nitrogen and oxygen atoms in total. The van der Waals surface area contributed by atoms with Gasteiger partial charge < -0.3 is 48.9 Å². The number of primary amides is 2. The Morgan fingerprint density at radius 3 is 1.55 bits per heavy atom. The lowest BCUT2D eigenvalue weighted by molar-refractivity contribution is -0.141. The van der Waals surface area contributed by atoms with Gasteiger partial charge in [-0.25, -0.2) is 0 Å². The van der Waals surface area contributed by atoms with Crippen LogP contribution in [0.5, 0.6) is 0 Å². The third kappa shape index (κ3) is 17.0. The van der Waals surface area contributed by atoms with Crippen LogP contribution in [0.4, 0.5) is 0 Å². The van der Waals surface area contributed by atoms with Crippen molar-refractivity contribution >= 4 is 47.3 Å². The van der Waals surface area contributed by atoms with Crippen LogP contribution in [0.3, 0.4) is 0 Å². The van der Waals surface area contributed by atoms with Crippen LogP contribution in [-0.2, 0) is 38.4 Å². The maximum absolute atomic E-state index is 13.2. The predicted octanol–water partition coefficient (Wildman–Crippen LogP) is -2.90. The Balaban J connectivity index is 5.55. The lowest BCUT2D eigenvalue weighted by Gasteiger charge is -2.25. The third-order valence-electron chi connectivity index (χ3n) is 6.20. The molecule has 12 N–H and O–H groups in total. The zero-order valence-electron chi connectivity index (χ0n) is 25.9. The van der Waals surface area contributed by atoms with E-state index in [4.69, 9.17) is 22.3 Å². The zero-order chi connectivity index (χ0) is 34.1. The molecule has 0 fully saturated rings. The number of carboxylic acid groups (broad SMARTS) is 1. The standard InChI is InChI=1S/C27H48N8O9/c1-13(2)10-18(25(41)32-15(5)27(43)44)33-22(38)12-31-24(40)17(7-9-21(30)37)34-26(42)19(11-14(3)4)35-23(39)16(28)6-8-20(29)36/h13-19H,6-12,28H2,1-5H3,(H2,29,36)(H2,30,37)(H,31,40)(H,32,41)(H,33,38)(H,34,42)(H,35,39)(H,43,44)/t15-,16-,17-,18-,19-/m0/s1. The number of carboxylic acids is 1. The van der Waals surface area contributed by atoms with E-state index in [-0.39, 0.29) is 50.4 Å². The monoisotopic (exact) mass is 628 g/mol. The van der Waals surface area contributed by atoms with Crippen LogP contribution < -0.4 is 43.8 Å². The van der Waals surface area contributed by atoms with Crippen molar-refractivity contribution in [2.24, 2.45) is 29.0 Å². The first-order valence-corrected chi connectivity index (χ1v) is 14.4. The SMILES string of the molecule is CC(C)C[C@H](NC(=O)CNC(=O)[C@H](CCC(N)=O)NC(=O)[C@H](CC(C)C)NC(=O)[C@@H](N)CCC(N)=O)C(=O)N[C@@H](C)C(=O)O. The zero-order valence-corrected chi connectivity index (χ0v) is 25.9. The van der Waals surface area contributed by atoms with Gasteiger partial charge in [-0.05, 0) is 44.4 Å². The number of amides is 7. The normalized spacial score (nSPS) is 14.4. The second-order valence-corrected chi connectivity index (χ2v) is 11.4. The van der Waals surface area contributed by atoms with Gasteiger partial charge in [0.25, 0.3) is 0 Å². The van der Waals surface area contributed by atoms with Crippen LogP contribution in [0, 0.1) is 11.8 Å². The van der Waals surface area contributed by atoms with Crippen molar-refractivity contribution in [3.05, 3.63) is 0 Å². The van der Waals surface area contributed by atoms with Crippen molar-refractivity contribution in [2.45, 2.75) is 103 Å². The Hall–Kier alpha value is -4.28. The van der Waals surface area contributed by atoms with Crippen LogP contribution in [0.15, 0.2) is 0 Å². The number of carbonyl (C=O) groups excluding carboxylic acids is 7. The van der Waals surface area contributed by atoms with Gasteiger partial charge in [-0.3, -0.25) is 38.4 Å². The Labute approximate surface area is 256 Å². The summed E-state index contributed by atoms with van der Waals surface area (Å²) in [5.74, 6) is -6.57. The third-order valence-corrected chi connectivity index (χ3v) is 6.20. The predicted molar refractivity (Wildman–Crippen MR) is 158 cm³/mol. The lowest BCUT2D eigenvalue weighted by atomic mass is 10.0. The van der Waals surface area contributed by atoms with Crippen LogP contribution >= 0.6 is 0 Å². The summed E-state index contributed by atoms with van der Waals surface area (Å²) >= 11 is 0. The molecule has 0 aromatic heterocycles. The van der Waals surface area contributed by atoms with Crippen molar-refractivity contribution in [3.63, 3.8) is 0 Å². The first-order valence-electron chi connectivity index (χ1n) is 14.4. The van der Waals surface area contributed by atoms with E-state index >= 15 is 0 Å². The molecular formula is C27H48N8O9. The Kier molecular flexibility index (Phi) is 17.9. The average molecular weight is 629 g/mol. The molecule has 0 aromatic rings. The number of aliphatic carboxylic acids is 1. The first-order chi connectivity index (χ1) is 20.3. The number of carbonyl (C=O) groups is 8. The second kappa shape index (κ2) is 19.8. The summed E-state index contributed by atoms with van der Waals surface area (Å²) < 4.78 is 0. The van der Waals surface area contributed by atoms with E-state index in [0.717, 1.165) is 0 Å². The quantitative estimate of drug-likeness (QED) is 0.0624. The van der Waals surface area contributed by atoms with Crippen LogP contribution in [0.25, 0.3) is 0 Å². The topological polar surface area (TPSA) is 295 Å². The molecule has 0 bridgehead atoms. The molecule has 0 aromatic carbocycles. The van der Waals surface area contributed by atoms with Gasteiger partial charge in [0.05, 0.1) is 12.6 Å². The summed E-state index contributed by atoms with van der Waals surface area (Å²) in [5.41, 5.74) is 16.1. The van der Waals surface area contributed by atoms with Crippen LogP contribution in [-0.4, -0.2) is 89.2 Å². The molecule has 0 aliphatic rings. The highest BCUT2D eigenvalue weighted by molar-refractivity contribution is 5.95. The minimum atomic E-state index is -1.33. The maximum Gasteiger partial charge on any atom is 0.325 e. The summed E-state index contributed by atoms with van der Waals surface area (Å²) in [6.45, 7) is 7.84. The Morgan fingerprint density at radius 2 is 1.07 bits per heavy atom. The summed E-state index contributed by atoms with van der Waals surface area (Å²) in [6, 6.07) is -5.85. The maximum atomic E-state index is 13.2. The Morgan fingerprint density at radius 1 is 0.614 bits per heavy atom. The highest BCUT2D eigenvalue weighted by Gasteiger charge is 2.30. The molecule has 5 atom stereocenters. The lowest BCUT2D eigenvalue weighted by Crippen LogP contribution is -2.57. The fourth-order valence-electron chi connectivity index (χ4n) is 3.85. The molecule has 0 aliphatic heterocycles. The molecule has 0 heterocycles. The van der Waals surface area contributed by atoms with E-state index < -0.39 is 84.1 Å². The molecule has 0 unspecified atom stereocenters. The molecule has 0 aliphatic carbocycles.